The molecule has 1 amide bonds. The Balaban J connectivity index is 1.97. The molecule has 1 atom stereocenters. The predicted molar refractivity (Wildman–Crippen MR) is 72.4 cm³/mol. The molecule has 1 heterocycles. The summed E-state index contributed by atoms with van der Waals surface area (Å²) >= 11 is 0. The molecule has 19 heavy (non-hydrogen) atoms. The Bertz CT molecular complexity index is 440. The largest absolute Gasteiger partial charge is 0.497 e. The second-order valence-corrected chi connectivity index (χ2v) is 4.78. The summed E-state index contributed by atoms with van der Waals surface area (Å²) in [6.07, 6.45) is 0.567. The lowest BCUT2D eigenvalue weighted by atomic mass is 10.1. The van der Waals surface area contributed by atoms with E-state index in [-0.39, 0.29) is 11.9 Å². The van der Waals surface area contributed by atoms with Crippen molar-refractivity contribution in [3.05, 3.63) is 23.8 Å². The quantitative estimate of drug-likeness (QED) is 0.863. The van der Waals surface area contributed by atoms with Gasteiger partial charge in [0.15, 0.2) is 0 Å². The number of benzene rings is 1. The number of carbonyl (C=O) groups is 1. The van der Waals surface area contributed by atoms with Gasteiger partial charge in [-0.15, -0.1) is 0 Å². The van der Waals surface area contributed by atoms with Crippen LogP contribution in [0.3, 0.4) is 0 Å². The van der Waals surface area contributed by atoms with E-state index in [0.29, 0.717) is 13.0 Å². The van der Waals surface area contributed by atoms with Gasteiger partial charge in [0.2, 0.25) is 5.91 Å². The van der Waals surface area contributed by atoms with Crippen LogP contribution < -0.4 is 14.8 Å². The van der Waals surface area contributed by atoms with Crippen LogP contribution in [0, 0.1) is 0 Å². The average molecular weight is 264 g/mol. The number of likely N-dealkylation sites (tertiary alicyclic amines) is 1. The normalized spacial score (nSPS) is 18.8. The number of likely N-dealkylation sites (N-methyl/N-ethyl adjacent to an activating group) is 1. The standard InChI is InChI=1S/C14H20N2O3/c1-16-9-11(6-14(16)17)15-8-10-4-12(18-2)7-13(5-10)19-3/h4-5,7,11,15H,6,8-9H2,1-3H3. The summed E-state index contributed by atoms with van der Waals surface area (Å²) in [5.41, 5.74) is 1.08. The fraction of sp³-hybridized carbons (Fsp3) is 0.500. The second-order valence-electron chi connectivity index (χ2n) is 4.78. The van der Waals surface area contributed by atoms with Gasteiger partial charge >= 0.3 is 0 Å². The number of nitrogens with zero attached hydrogens (tertiary/aromatic N) is 1. The van der Waals surface area contributed by atoms with Crippen LogP contribution in [0.2, 0.25) is 0 Å². The van der Waals surface area contributed by atoms with Gasteiger partial charge in [0.1, 0.15) is 11.5 Å². The number of carbonyl (C=O) groups excluding carboxylic acids is 1. The van der Waals surface area contributed by atoms with Crippen LogP contribution in [0.15, 0.2) is 18.2 Å². The molecule has 2 rings (SSSR count). The zero-order chi connectivity index (χ0) is 13.8. The van der Waals surface area contributed by atoms with Crippen LogP contribution >= 0.6 is 0 Å². The number of hydrogen-bond acceptors (Lipinski definition) is 4. The first-order valence-corrected chi connectivity index (χ1v) is 6.31. The summed E-state index contributed by atoms with van der Waals surface area (Å²) in [6.45, 7) is 1.46. The Kier molecular flexibility index (Phi) is 4.27. The SMILES string of the molecule is COc1cc(CNC2CC(=O)N(C)C2)cc(OC)c1. The van der Waals surface area contributed by atoms with Crippen LogP contribution in [0.5, 0.6) is 11.5 Å². The molecule has 0 aromatic heterocycles. The third-order valence-electron chi connectivity index (χ3n) is 3.35. The van der Waals surface area contributed by atoms with Crippen LogP contribution in [-0.4, -0.2) is 44.7 Å². The number of ether oxygens (including phenoxy) is 2. The smallest absolute Gasteiger partial charge is 0.224 e. The van der Waals surface area contributed by atoms with E-state index in [1.165, 1.54) is 0 Å². The van der Waals surface area contributed by atoms with Gasteiger partial charge in [-0.25, -0.2) is 0 Å². The lowest BCUT2D eigenvalue weighted by Crippen LogP contribution is -2.31. The molecule has 1 aliphatic heterocycles. The fourth-order valence-corrected chi connectivity index (χ4v) is 2.23. The summed E-state index contributed by atoms with van der Waals surface area (Å²) in [7, 11) is 5.10. The minimum absolute atomic E-state index is 0.195. The molecule has 1 unspecified atom stereocenters. The van der Waals surface area contributed by atoms with Crippen LogP contribution in [-0.2, 0) is 11.3 Å². The van der Waals surface area contributed by atoms with Crippen molar-refractivity contribution in [2.45, 2.75) is 19.0 Å². The van der Waals surface area contributed by atoms with Gasteiger partial charge in [-0.3, -0.25) is 4.79 Å². The fourth-order valence-electron chi connectivity index (χ4n) is 2.23. The molecule has 1 N–H and O–H groups in total. The van der Waals surface area contributed by atoms with Crippen molar-refractivity contribution >= 4 is 5.91 Å². The molecular weight excluding hydrogens is 244 g/mol. The summed E-state index contributed by atoms with van der Waals surface area (Å²) in [5, 5.41) is 3.39. The first-order valence-electron chi connectivity index (χ1n) is 6.31. The Morgan fingerprint density at radius 3 is 2.37 bits per heavy atom. The van der Waals surface area contributed by atoms with Crippen molar-refractivity contribution in [1.29, 1.82) is 0 Å². The summed E-state index contributed by atoms with van der Waals surface area (Å²) in [6, 6.07) is 6.00. The van der Waals surface area contributed by atoms with E-state index in [1.54, 1.807) is 19.1 Å². The first-order chi connectivity index (χ1) is 9.12. The van der Waals surface area contributed by atoms with E-state index in [2.05, 4.69) is 5.32 Å². The third kappa shape index (κ3) is 3.38. The number of nitrogens with one attached hydrogen (secondary N) is 1. The van der Waals surface area contributed by atoms with Crippen LogP contribution in [0.1, 0.15) is 12.0 Å². The molecule has 5 heteroatoms. The van der Waals surface area contributed by atoms with Crippen molar-refractivity contribution in [1.82, 2.24) is 10.2 Å². The molecule has 1 aromatic rings. The van der Waals surface area contributed by atoms with Crippen LogP contribution in [0.4, 0.5) is 0 Å². The number of amides is 1. The van der Waals surface area contributed by atoms with Gasteiger partial charge in [-0.2, -0.15) is 0 Å². The minimum atomic E-state index is 0.195. The van der Waals surface area contributed by atoms with Gasteiger partial charge in [0.05, 0.1) is 14.2 Å². The monoisotopic (exact) mass is 264 g/mol. The molecule has 1 aliphatic rings. The minimum Gasteiger partial charge on any atom is -0.497 e. The second kappa shape index (κ2) is 5.93. The predicted octanol–water partition coefficient (Wildman–Crippen LogP) is 1.02. The zero-order valence-corrected chi connectivity index (χ0v) is 11.6. The molecule has 0 bridgehead atoms. The molecule has 104 valence electrons. The van der Waals surface area contributed by atoms with Crippen molar-refractivity contribution in [2.24, 2.45) is 0 Å². The first kappa shape index (κ1) is 13.7. The molecule has 5 nitrogen and oxygen atoms in total. The third-order valence-corrected chi connectivity index (χ3v) is 3.35. The van der Waals surface area contributed by atoms with E-state index in [4.69, 9.17) is 9.47 Å². The molecule has 1 aromatic carbocycles. The van der Waals surface area contributed by atoms with E-state index < -0.39 is 0 Å². The van der Waals surface area contributed by atoms with E-state index >= 15 is 0 Å². The highest BCUT2D eigenvalue weighted by atomic mass is 16.5. The van der Waals surface area contributed by atoms with Crippen molar-refractivity contribution in [3.63, 3.8) is 0 Å². The van der Waals surface area contributed by atoms with E-state index in [1.807, 2.05) is 25.2 Å². The van der Waals surface area contributed by atoms with Crippen molar-refractivity contribution < 1.29 is 14.3 Å². The lowest BCUT2D eigenvalue weighted by Gasteiger charge is -2.13. The zero-order valence-electron chi connectivity index (χ0n) is 11.6. The van der Waals surface area contributed by atoms with Gasteiger partial charge in [-0.1, -0.05) is 0 Å². The molecular formula is C14H20N2O3. The Labute approximate surface area is 113 Å². The number of hydrogen-bond donors (Lipinski definition) is 1. The molecule has 0 radical (unpaired) electrons. The highest BCUT2D eigenvalue weighted by Gasteiger charge is 2.25. The topological polar surface area (TPSA) is 50.8 Å². The van der Waals surface area contributed by atoms with Gasteiger partial charge in [0.25, 0.3) is 0 Å². The maximum atomic E-state index is 11.4. The van der Waals surface area contributed by atoms with Crippen molar-refractivity contribution in [3.8, 4) is 11.5 Å². The molecule has 0 saturated carbocycles. The van der Waals surface area contributed by atoms with Crippen molar-refractivity contribution in [2.75, 3.05) is 27.8 Å². The molecule has 0 spiro atoms. The van der Waals surface area contributed by atoms with Gasteiger partial charge in [0, 0.05) is 38.7 Å². The summed E-state index contributed by atoms with van der Waals surface area (Å²) in [5.74, 6) is 1.74. The summed E-state index contributed by atoms with van der Waals surface area (Å²) in [4.78, 5) is 13.2. The Hall–Kier alpha value is -1.75. The van der Waals surface area contributed by atoms with Crippen LogP contribution in [0.25, 0.3) is 0 Å². The average Bonchev–Trinajstić information content (AvgIpc) is 2.75. The maximum Gasteiger partial charge on any atom is 0.224 e. The number of methoxy groups -OCH3 is 2. The molecule has 0 aliphatic carbocycles. The van der Waals surface area contributed by atoms with E-state index in [0.717, 1.165) is 23.6 Å². The van der Waals surface area contributed by atoms with Gasteiger partial charge < -0.3 is 19.7 Å². The molecule has 1 saturated heterocycles. The van der Waals surface area contributed by atoms with E-state index in [9.17, 15) is 4.79 Å². The van der Waals surface area contributed by atoms with Gasteiger partial charge in [-0.05, 0) is 17.7 Å². The maximum absolute atomic E-state index is 11.4. The Morgan fingerprint density at radius 1 is 1.26 bits per heavy atom. The lowest BCUT2D eigenvalue weighted by molar-refractivity contribution is -0.126. The Morgan fingerprint density at radius 2 is 1.89 bits per heavy atom. The highest BCUT2D eigenvalue weighted by molar-refractivity contribution is 5.78. The molecule has 1 fully saturated rings. The highest BCUT2D eigenvalue weighted by Crippen LogP contribution is 2.22. The summed E-state index contributed by atoms with van der Waals surface area (Å²) < 4.78 is 10.5. The number of rotatable bonds is 5.